The van der Waals surface area contributed by atoms with Crippen LogP contribution < -0.4 is 10.1 Å². The number of carbonyl (C=O) groups excluding carboxylic acids is 3. The fourth-order valence-corrected chi connectivity index (χ4v) is 2.33. The van der Waals surface area contributed by atoms with Crippen molar-refractivity contribution < 1.29 is 28.6 Å². The Morgan fingerprint density at radius 1 is 0.833 bits per heavy atom. The minimum Gasteiger partial charge on any atom is -0.493 e. The van der Waals surface area contributed by atoms with E-state index >= 15 is 0 Å². The number of rotatable bonds is 9. The van der Waals surface area contributed by atoms with Crippen molar-refractivity contribution in [2.75, 3.05) is 18.5 Å². The van der Waals surface area contributed by atoms with E-state index in [-0.39, 0.29) is 6.10 Å². The molecule has 0 aliphatic heterocycles. The van der Waals surface area contributed by atoms with Crippen molar-refractivity contribution in [3.8, 4) is 5.75 Å². The van der Waals surface area contributed by atoms with E-state index in [1.165, 1.54) is 0 Å². The van der Waals surface area contributed by atoms with Crippen LogP contribution in [0.1, 0.15) is 48.4 Å². The highest BCUT2D eigenvalue weighted by Crippen LogP contribution is 2.14. The maximum absolute atomic E-state index is 12.1. The first-order chi connectivity index (χ1) is 14.2. The van der Waals surface area contributed by atoms with Crippen molar-refractivity contribution in [1.82, 2.24) is 0 Å². The van der Waals surface area contributed by atoms with Crippen LogP contribution in [0.4, 0.5) is 5.69 Å². The van der Waals surface area contributed by atoms with Crippen LogP contribution in [0.3, 0.4) is 0 Å². The van der Waals surface area contributed by atoms with E-state index in [1.807, 2.05) is 13.8 Å². The summed E-state index contributed by atoms with van der Waals surface area (Å²) in [6, 6.07) is 12.8. The summed E-state index contributed by atoms with van der Waals surface area (Å²) < 4.78 is 15.7. The van der Waals surface area contributed by atoms with Crippen LogP contribution in [0.5, 0.6) is 5.75 Å². The van der Waals surface area contributed by atoms with E-state index in [0.717, 1.165) is 0 Å². The Hall–Kier alpha value is -3.35. The van der Waals surface area contributed by atoms with Crippen molar-refractivity contribution in [2.24, 2.45) is 5.92 Å². The molecule has 2 rings (SSSR count). The molecule has 2 aromatic rings. The van der Waals surface area contributed by atoms with Crippen LogP contribution in [-0.4, -0.2) is 37.2 Å². The van der Waals surface area contributed by atoms with Crippen LogP contribution in [0.25, 0.3) is 0 Å². The predicted octanol–water partition coefficient (Wildman–Crippen LogP) is 4.08. The summed E-state index contributed by atoms with van der Waals surface area (Å²) in [4.78, 5) is 35.9. The monoisotopic (exact) mass is 413 g/mol. The van der Waals surface area contributed by atoms with E-state index in [9.17, 15) is 14.4 Å². The van der Waals surface area contributed by atoms with Gasteiger partial charge in [0, 0.05) is 5.69 Å². The molecule has 30 heavy (non-hydrogen) atoms. The van der Waals surface area contributed by atoms with Gasteiger partial charge in [-0.05, 0) is 68.3 Å². The first-order valence-electron chi connectivity index (χ1n) is 9.75. The lowest BCUT2D eigenvalue weighted by Gasteiger charge is -2.10. The van der Waals surface area contributed by atoms with Gasteiger partial charge in [0.05, 0.1) is 23.8 Å². The molecule has 1 amide bonds. The molecular weight excluding hydrogens is 386 g/mol. The summed E-state index contributed by atoms with van der Waals surface area (Å²) in [7, 11) is 0. The molecule has 0 atom stereocenters. The number of carbonyl (C=O) groups is 3. The van der Waals surface area contributed by atoms with E-state index in [4.69, 9.17) is 14.2 Å². The topological polar surface area (TPSA) is 90.9 Å². The molecular formula is C23H27NO6. The number of amides is 1. The number of esters is 2. The van der Waals surface area contributed by atoms with E-state index in [0.29, 0.717) is 35.1 Å². The molecule has 0 fully saturated rings. The van der Waals surface area contributed by atoms with Crippen molar-refractivity contribution in [3.63, 3.8) is 0 Å². The summed E-state index contributed by atoms with van der Waals surface area (Å²) in [5, 5.41) is 2.60. The second-order valence-electron chi connectivity index (χ2n) is 7.38. The lowest BCUT2D eigenvalue weighted by molar-refractivity contribution is -0.119. The molecule has 0 aliphatic rings. The highest BCUT2D eigenvalue weighted by Gasteiger charge is 2.12. The molecule has 0 bridgehead atoms. The number of ether oxygens (including phenoxy) is 3. The molecule has 0 aromatic heterocycles. The van der Waals surface area contributed by atoms with Gasteiger partial charge < -0.3 is 19.5 Å². The van der Waals surface area contributed by atoms with Crippen LogP contribution in [0.15, 0.2) is 48.5 Å². The first-order valence-corrected chi connectivity index (χ1v) is 9.75. The van der Waals surface area contributed by atoms with Crippen LogP contribution in [0, 0.1) is 5.92 Å². The van der Waals surface area contributed by atoms with Gasteiger partial charge in [0.1, 0.15) is 5.75 Å². The third kappa shape index (κ3) is 7.58. The highest BCUT2D eigenvalue weighted by atomic mass is 16.5. The number of benzene rings is 2. The van der Waals surface area contributed by atoms with Crippen LogP contribution in [0.2, 0.25) is 0 Å². The smallest absolute Gasteiger partial charge is 0.338 e. The lowest BCUT2D eigenvalue weighted by Crippen LogP contribution is -2.21. The third-order valence-corrected chi connectivity index (χ3v) is 3.75. The average Bonchev–Trinajstić information content (AvgIpc) is 2.71. The quantitative estimate of drug-likeness (QED) is 0.623. The number of hydrogen-bond acceptors (Lipinski definition) is 6. The van der Waals surface area contributed by atoms with Crippen LogP contribution >= 0.6 is 0 Å². The summed E-state index contributed by atoms with van der Waals surface area (Å²) >= 11 is 0. The molecule has 7 heteroatoms. The number of hydrogen-bond donors (Lipinski definition) is 1. The molecule has 160 valence electrons. The molecule has 0 radical (unpaired) electrons. The molecule has 0 aliphatic carbocycles. The van der Waals surface area contributed by atoms with Gasteiger partial charge in [-0.1, -0.05) is 13.8 Å². The SMILES string of the molecule is CC(C)COc1ccc(C(=O)OCC(=O)Nc2ccc(C(=O)OC(C)C)cc2)cc1. The normalized spacial score (nSPS) is 10.6. The van der Waals surface area contributed by atoms with Crippen molar-refractivity contribution >= 4 is 23.5 Å². The third-order valence-electron chi connectivity index (χ3n) is 3.75. The second kappa shape index (κ2) is 11.0. The van der Waals surface area contributed by atoms with Gasteiger partial charge in [0.25, 0.3) is 5.91 Å². The van der Waals surface area contributed by atoms with Crippen molar-refractivity contribution in [2.45, 2.75) is 33.8 Å². The maximum Gasteiger partial charge on any atom is 0.338 e. The Morgan fingerprint density at radius 3 is 1.97 bits per heavy atom. The fourth-order valence-electron chi connectivity index (χ4n) is 2.33. The highest BCUT2D eigenvalue weighted by molar-refractivity contribution is 5.96. The molecule has 0 unspecified atom stereocenters. The molecule has 2 aromatic carbocycles. The summed E-state index contributed by atoms with van der Waals surface area (Å²) in [6.07, 6.45) is -0.213. The van der Waals surface area contributed by atoms with Gasteiger partial charge in [0.15, 0.2) is 6.61 Å². The van der Waals surface area contributed by atoms with Gasteiger partial charge in [0.2, 0.25) is 0 Å². The van der Waals surface area contributed by atoms with Gasteiger partial charge in [-0.3, -0.25) is 4.79 Å². The average molecular weight is 413 g/mol. The predicted molar refractivity (Wildman–Crippen MR) is 113 cm³/mol. The van der Waals surface area contributed by atoms with E-state index in [2.05, 4.69) is 5.32 Å². The van der Waals surface area contributed by atoms with Gasteiger partial charge >= 0.3 is 11.9 Å². The van der Waals surface area contributed by atoms with Gasteiger partial charge in [-0.15, -0.1) is 0 Å². The Morgan fingerprint density at radius 2 is 1.40 bits per heavy atom. The largest absolute Gasteiger partial charge is 0.493 e. The lowest BCUT2D eigenvalue weighted by atomic mass is 10.2. The maximum atomic E-state index is 12.1. The molecule has 0 spiro atoms. The summed E-state index contributed by atoms with van der Waals surface area (Å²) in [5.74, 6) is -0.459. The molecule has 0 saturated carbocycles. The number of anilines is 1. The van der Waals surface area contributed by atoms with Crippen molar-refractivity contribution in [1.29, 1.82) is 0 Å². The van der Waals surface area contributed by atoms with Gasteiger partial charge in [-0.2, -0.15) is 0 Å². The van der Waals surface area contributed by atoms with Crippen LogP contribution in [-0.2, 0) is 14.3 Å². The summed E-state index contributed by atoms with van der Waals surface area (Å²) in [6.45, 7) is 7.79. The van der Waals surface area contributed by atoms with E-state index in [1.54, 1.807) is 62.4 Å². The minimum atomic E-state index is -0.604. The first kappa shape index (κ1) is 22.9. The Labute approximate surface area is 176 Å². The molecule has 0 heterocycles. The zero-order chi connectivity index (χ0) is 22.1. The van der Waals surface area contributed by atoms with Gasteiger partial charge in [-0.25, -0.2) is 9.59 Å². The Bertz CT molecular complexity index is 856. The molecule has 1 N–H and O–H groups in total. The standard InChI is InChI=1S/C23H27NO6/c1-15(2)13-28-20-11-7-17(8-12-20)22(26)29-14-21(25)24-19-9-5-18(6-10-19)23(27)30-16(3)4/h5-12,15-16H,13-14H2,1-4H3,(H,24,25). The Balaban J connectivity index is 1.81. The fraction of sp³-hybridized carbons (Fsp3) is 0.348. The van der Waals surface area contributed by atoms with E-state index < -0.39 is 24.5 Å². The Kier molecular flexibility index (Phi) is 8.41. The minimum absolute atomic E-state index is 0.213. The van der Waals surface area contributed by atoms with Crippen molar-refractivity contribution in [3.05, 3.63) is 59.7 Å². The molecule has 7 nitrogen and oxygen atoms in total. The number of nitrogens with one attached hydrogen (secondary N) is 1. The summed E-state index contributed by atoms with van der Waals surface area (Å²) in [5.41, 5.74) is 1.19. The second-order valence-corrected chi connectivity index (χ2v) is 7.38. The zero-order valence-corrected chi connectivity index (χ0v) is 17.6. The zero-order valence-electron chi connectivity index (χ0n) is 17.6. The molecule has 0 saturated heterocycles.